The van der Waals surface area contributed by atoms with Crippen molar-refractivity contribution in [2.75, 3.05) is 0 Å². The summed E-state index contributed by atoms with van der Waals surface area (Å²) in [6.45, 7) is 0. The van der Waals surface area contributed by atoms with E-state index < -0.39 is 24.0 Å². The summed E-state index contributed by atoms with van der Waals surface area (Å²) in [7, 11) is -17.7. The molecule has 16 heavy (non-hydrogen) atoms. The van der Waals surface area contributed by atoms with Gasteiger partial charge in [0.1, 0.15) is 0 Å². The Kier molecular flexibility index (Phi) is 15.8. The van der Waals surface area contributed by atoms with Gasteiger partial charge in [0.2, 0.25) is 0 Å². The summed E-state index contributed by atoms with van der Waals surface area (Å²) >= 11 is 0. The average Bonchev–Trinajstić information content (AvgIpc) is 1.41. The quantitative estimate of drug-likeness (QED) is 0.336. The van der Waals surface area contributed by atoms with E-state index >= 15 is 0 Å². The van der Waals surface area contributed by atoms with E-state index in [0.717, 1.165) is 0 Å². The van der Waals surface area contributed by atoms with Crippen molar-refractivity contribution in [3.05, 3.63) is 0 Å². The zero-order valence-corrected chi connectivity index (χ0v) is 10.5. The second kappa shape index (κ2) is 9.87. The van der Waals surface area contributed by atoms with Crippen LogP contribution < -0.4 is 14.7 Å². The molecular formula is AgF6O6P3. The predicted molar refractivity (Wildman–Crippen MR) is 29.5 cm³/mol. The zero-order valence-electron chi connectivity index (χ0n) is 6.36. The Bertz CT molecular complexity index is 214. The summed E-state index contributed by atoms with van der Waals surface area (Å²) in [6.07, 6.45) is 0. The molecule has 0 bridgehead atoms. The Morgan fingerprint density at radius 2 is 0.562 bits per heavy atom. The van der Waals surface area contributed by atoms with E-state index in [-0.39, 0.29) is 22.4 Å². The fourth-order valence-electron chi connectivity index (χ4n) is 0. The molecule has 0 fully saturated rings. The minimum Gasteiger partial charge on any atom is -0.749 e. The van der Waals surface area contributed by atoms with Crippen LogP contribution in [0.2, 0.25) is 0 Å². The molecule has 6 nitrogen and oxygen atoms in total. The minimum atomic E-state index is -5.89. The van der Waals surface area contributed by atoms with Crippen molar-refractivity contribution in [3.8, 4) is 0 Å². The van der Waals surface area contributed by atoms with Crippen molar-refractivity contribution in [3.63, 3.8) is 0 Å². The third-order valence-electron chi connectivity index (χ3n) is 0. The molecular weight excluding hydrogens is 411 g/mol. The van der Waals surface area contributed by atoms with E-state index in [2.05, 4.69) is 0 Å². The summed E-state index contributed by atoms with van der Waals surface area (Å²) in [5, 5.41) is 0. The van der Waals surface area contributed by atoms with Gasteiger partial charge in [0.05, 0.1) is 0 Å². The fraction of sp³-hybridized carbons (Fsp3) is 0. The molecule has 0 aliphatic carbocycles. The molecule has 0 spiro atoms. The van der Waals surface area contributed by atoms with Crippen LogP contribution >= 0.6 is 24.0 Å². The van der Waals surface area contributed by atoms with E-state index in [9.17, 15) is 25.2 Å². The van der Waals surface area contributed by atoms with Gasteiger partial charge in [-0.3, -0.25) is 13.7 Å². The van der Waals surface area contributed by atoms with Gasteiger partial charge >= 0.3 is 46.4 Å². The van der Waals surface area contributed by atoms with Gasteiger partial charge in [-0.25, -0.2) is 0 Å². The molecule has 0 rings (SSSR count). The maximum atomic E-state index is 10.0. The van der Waals surface area contributed by atoms with Crippen molar-refractivity contribution in [2.24, 2.45) is 0 Å². The molecule has 0 saturated heterocycles. The smallest absolute Gasteiger partial charge is 0.749 e. The van der Waals surface area contributed by atoms with Crippen molar-refractivity contribution in [2.45, 2.75) is 0 Å². The Morgan fingerprint density at radius 3 is 0.562 bits per heavy atom. The molecule has 0 aliphatic heterocycles. The number of rotatable bonds is 0. The predicted octanol–water partition coefficient (Wildman–Crippen LogP) is 1.18. The van der Waals surface area contributed by atoms with Crippen LogP contribution in [0.15, 0.2) is 0 Å². The molecule has 16 heteroatoms. The molecule has 0 heterocycles. The molecule has 0 aromatic rings. The van der Waals surface area contributed by atoms with Crippen LogP contribution in [0.3, 0.4) is 0 Å². The molecule has 0 N–H and O–H groups in total. The van der Waals surface area contributed by atoms with Gasteiger partial charge in [0, 0.05) is 0 Å². The van der Waals surface area contributed by atoms with Gasteiger partial charge in [0.25, 0.3) is 0 Å². The number of hydrogen-bond acceptors (Lipinski definition) is 6. The molecule has 0 aromatic heterocycles. The Labute approximate surface area is 100 Å². The van der Waals surface area contributed by atoms with E-state index in [1.165, 1.54) is 0 Å². The van der Waals surface area contributed by atoms with Crippen LogP contribution in [0.5, 0.6) is 0 Å². The number of halogens is 6. The van der Waals surface area contributed by atoms with Gasteiger partial charge in [-0.05, 0) is 0 Å². The minimum absolute atomic E-state index is 0. The summed E-state index contributed by atoms with van der Waals surface area (Å²) < 4.78 is 85.1. The van der Waals surface area contributed by atoms with Gasteiger partial charge in [0.15, 0.2) is 0 Å². The van der Waals surface area contributed by atoms with Crippen LogP contribution in [0.4, 0.5) is 25.2 Å². The SMILES string of the molecule is O=P([O-])(F)F.O=P([O-])(F)F.O=P([O-])(F)F.[Ag+3]. The van der Waals surface area contributed by atoms with Gasteiger partial charge in [-0.2, -0.15) is 25.2 Å². The monoisotopic (exact) mass is 410 g/mol. The third kappa shape index (κ3) is 3620. The van der Waals surface area contributed by atoms with Crippen molar-refractivity contribution < 1.29 is 75.9 Å². The standard InChI is InChI=1S/Ag.3F2HO2P/c;3*1-5(2,3)4/h;3*(H,3,4)/q+3;;;/p-3. The van der Waals surface area contributed by atoms with E-state index in [1.807, 2.05) is 0 Å². The topological polar surface area (TPSA) is 120 Å². The van der Waals surface area contributed by atoms with Gasteiger partial charge in [-0.15, -0.1) is 0 Å². The normalized spacial score (nSPS) is 11.1. The first-order chi connectivity index (χ1) is 6.00. The fourth-order valence-corrected chi connectivity index (χ4v) is 0. The first kappa shape index (κ1) is 25.7. The molecule has 0 amide bonds. The summed E-state index contributed by atoms with van der Waals surface area (Å²) in [4.78, 5) is 25.0. The van der Waals surface area contributed by atoms with Crippen molar-refractivity contribution >= 4 is 24.0 Å². The van der Waals surface area contributed by atoms with Crippen LogP contribution in [0.25, 0.3) is 0 Å². The van der Waals surface area contributed by atoms with Crippen LogP contribution in [0.1, 0.15) is 0 Å². The molecule has 0 unspecified atom stereocenters. The molecule has 0 aromatic carbocycles. The molecule has 0 aliphatic rings. The van der Waals surface area contributed by atoms with Crippen LogP contribution in [-0.4, -0.2) is 0 Å². The molecule has 104 valence electrons. The largest absolute Gasteiger partial charge is 3.00 e. The first-order valence-corrected chi connectivity index (χ1v) is 6.33. The van der Waals surface area contributed by atoms with Crippen molar-refractivity contribution in [1.82, 2.24) is 0 Å². The van der Waals surface area contributed by atoms with Crippen LogP contribution in [-0.2, 0) is 36.1 Å². The van der Waals surface area contributed by atoms with Gasteiger partial charge in [-0.1, -0.05) is 0 Å². The number of hydrogen-bond donors (Lipinski definition) is 0. The Hall–Kier alpha value is 0.890. The maximum Gasteiger partial charge on any atom is 3.00 e. The van der Waals surface area contributed by atoms with E-state index in [0.29, 0.717) is 0 Å². The molecule has 0 atom stereocenters. The third-order valence-corrected chi connectivity index (χ3v) is 0. The second-order valence-electron chi connectivity index (χ2n) is 1.24. The van der Waals surface area contributed by atoms with E-state index in [4.69, 9.17) is 28.4 Å². The Balaban J connectivity index is -0.0000000655. The molecule has 0 radical (unpaired) electrons. The second-order valence-corrected chi connectivity index (χ2v) is 3.73. The maximum absolute atomic E-state index is 10.0. The Morgan fingerprint density at radius 1 is 0.562 bits per heavy atom. The van der Waals surface area contributed by atoms with E-state index in [1.54, 1.807) is 0 Å². The zero-order chi connectivity index (χ0) is 13.5. The first-order valence-electron chi connectivity index (χ1n) is 2.11. The molecule has 0 saturated carbocycles. The average molecular weight is 411 g/mol. The van der Waals surface area contributed by atoms with Crippen molar-refractivity contribution in [1.29, 1.82) is 0 Å². The van der Waals surface area contributed by atoms with Crippen LogP contribution in [0, 0.1) is 0 Å². The summed E-state index contributed by atoms with van der Waals surface area (Å²) in [5.41, 5.74) is 0. The summed E-state index contributed by atoms with van der Waals surface area (Å²) in [6, 6.07) is 0. The summed E-state index contributed by atoms with van der Waals surface area (Å²) in [5.74, 6) is 0. The van der Waals surface area contributed by atoms with Gasteiger partial charge < -0.3 is 14.7 Å².